The molecule has 0 aliphatic rings. The molecule has 84 valence electrons. The molecule has 0 atom stereocenters. The van der Waals surface area contributed by atoms with Gasteiger partial charge in [0.25, 0.3) is 0 Å². The average Bonchev–Trinajstić information content (AvgIpc) is 2.58. The minimum absolute atomic E-state index is 0.398. The van der Waals surface area contributed by atoms with Crippen LogP contribution in [0, 0.1) is 6.92 Å². The first-order chi connectivity index (χ1) is 7.61. The van der Waals surface area contributed by atoms with E-state index in [1.54, 1.807) is 0 Å². The number of benzene rings is 1. The molecule has 0 radical (unpaired) electrons. The number of aromatic nitrogens is 3. The predicted octanol–water partition coefficient (Wildman–Crippen LogP) is 3.55. The molecular formula is C11H11BrClN3. The molecule has 0 unspecified atom stereocenters. The summed E-state index contributed by atoms with van der Waals surface area (Å²) in [5.74, 6) is 0.863. The summed E-state index contributed by atoms with van der Waals surface area (Å²) in [7, 11) is 0. The lowest BCUT2D eigenvalue weighted by molar-refractivity contribution is 0.882. The molecule has 0 amide bonds. The highest BCUT2D eigenvalue weighted by Crippen LogP contribution is 2.22. The summed E-state index contributed by atoms with van der Waals surface area (Å²) >= 11 is 9.51. The SMILES string of the molecule is CCc1nnc(Cl)n1-c1cc(C)cc(Br)c1. The summed E-state index contributed by atoms with van der Waals surface area (Å²) in [5.41, 5.74) is 2.15. The molecular weight excluding hydrogens is 289 g/mol. The van der Waals surface area contributed by atoms with Crippen LogP contribution in [0.3, 0.4) is 0 Å². The molecule has 1 aromatic heterocycles. The van der Waals surface area contributed by atoms with E-state index in [9.17, 15) is 0 Å². The zero-order valence-electron chi connectivity index (χ0n) is 9.04. The number of aryl methyl sites for hydroxylation is 2. The fourth-order valence-corrected chi connectivity index (χ4v) is 2.45. The minimum atomic E-state index is 0.398. The van der Waals surface area contributed by atoms with Gasteiger partial charge < -0.3 is 0 Å². The van der Waals surface area contributed by atoms with E-state index in [1.165, 1.54) is 0 Å². The maximum atomic E-state index is 6.04. The van der Waals surface area contributed by atoms with Gasteiger partial charge in [0.05, 0.1) is 5.69 Å². The third-order valence-electron chi connectivity index (χ3n) is 2.29. The molecule has 0 saturated carbocycles. The molecule has 0 N–H and O–H groups in total. The highest BCUT2D eigenvalue weighted by atomic mass is 79.9. The van der Waals surface area contributed by atoms with Crippen LogP contribution in [-0.4, -0.2) is 14.8 Å². The topological polar surface area (TPSA) is 30.7 Å². The maximum Gasteiger partial charge on any atom is 0.229 e. The predicted molar refractivity (Wildman–Crippen MR) is 68.2 cm³/mol. The summed E-state index contributed by atoms with van der Waals surface area (Å²) in [6.45, 7) is 4.07. The van der Waals surface area contributed by atoms with Crippen LogP contribution in [0.1, 0.15) is 18.3 Å². The minimum Gasteiger partial charge on any atom is -0.270 e. The third kappa shape index (κ3) is 2.13. The van der Waals surface area contributed by atoms with Crippen LogP contribution in [0.15, 0.2) is 22.7 Å². The number of rotatable bonds is 2. The fraction of sp³-hybridized carbons (Fsp3) is 0.273. The van der Waals surface area contributed by atoms with E-state index in [0.717, 1.165) is 28.0 Å². The molecule has 0 spiro atoms. The van der Waals surface area contributed by atoms with Crippen molar-refractivity contribution in [3.05, 3.63) is 39.3 Å². The summed E-state index contributed by atoms with van der Waals surface area (Å²) in [5, 5.41) is 8.32. The van der Waals surface area contributed by atoms with Crippen LogP contribution < -0.4 is 0 Å². The van der Waals surface area contributed by atoms with E-state index < -0.39 is 0 Å². The van der Waals surface area contributed by atoms with E-state index >= 15 is 0 Å². The van der Waals surface area contributed by atoms with Gasteiger partial charge in [-0.05, 0) is 42.3 Å². The van der Waals surface area contributed by atoms with Gasteiger partial charge >= 0.3 is 0 Å². The number of hydrogen-bond donors (Lipinski definition) is 0. The van der Waals surface area contributed by atoms with Crippen molar-refractivity contribution in [3.8, 4) is 5.69 Å². The van der Waals surface area contributed by atoms with Gasteiger partial charge in [-0.1, -0.05) is 22.9 Å². The monoisotopic (exact) mass is 299 g/mol. The molecule has 16 heavy (non-hydrogen) atoms. The standard InChI is InChI=1S/C11H11BrClN3/c1-3-10-14-15-11(13)16(10)9-5-7(2)4-8(12)6-9/h4-6H,3H2,1-2H3. The molecule has 5 heteroatoms. The van der Waals surface area contributed by atoms with E-state index in [0.29, 0.717) is 5.28 Å². The second-order valence-corrected chi connectivity index (χ2v) is 4.81. The van der Waals surface area contributed by atoms with E-state index in [2.05, 4.69) is 32.2 Å². The molecule has 3 nitrogen and oxygen atoms in total. The van der Waals surface area contributed by atoms with Crippen LogP contribution in [0.4, 0.5) is 0 Å². The Morgan fingerprint density at radius 3 is 2.69 bits per heavy atom. The van der Waals surface area contributed by atoms with E-state index in [4.69, 9.17) is 11.6 Å². The third-order valence-corrected chi connectivity index (χ3v) is 2.99. The van der Waals surface area contributed by atoms with Crippen molar-refractivity contribution in [3.63, 3.8) is 0 Å². The van der Waals surface area contributed by atoms with Crippen molar-refractivity contribution >= 4 is 27.5 Å². The summed E-state index contributed by atoms with van der Waals surface area (Å²) in [6.07, 6.45) is 0.797. The van der Waals surface area contributed by atoms with Gasteiger partial charge in [-0.2, -0.15) is 0 Å². The molecule has 0 fully saturated rings. The lowest BCUT2D eigenvalue weighted by atomic mass is 10.2. The molecule has 1 heterocycles. The first kappa shape index (κ1) is 11.6. The van der Waals surface area contributed by atoms with E-state index in [1.807, 2.05) is 30.5 Å². The van der Waals surface area contributed by atoms with Crippen molar-refractivity contribution < 1.29 is 0 Å². The van der Waals surface area contributed by atoms with Gasteiger partial charge in [0.15, 0.2) is 0 Å². The van der Waals surface area contributed by atoms with Crippen molar-refractivity contribution in [2.45, 2.75) is 20.3 Å². The van der Waals surface area contributed by atoms with Crippen molar-refractivity contribution in [2.75, 3.05) is 0 Å². The zero-order chi connectivity index (χ0) is 11.7. The summed E-state index contributed by atoms with van der Waals surface area (Å²) in [4.78, 5) is 0. The zero-order valence-corrected chi connectivity index (χ0v) is 11.4. The highest BCUT2D eigenvalue weighted by molar-refractivity contribution is 9.10. The van der Waals surface area contributed by atoms with Crippen molar-refractivity contribution in [2.24, 2.45) is 0 Å². The second kappa shape index (κ2) is 4.55. The Hall–Kier alpha value is -0.870. The summed E-state index contributed by atoms with van der Waals surface area (Å²) < 4.78 is 2.88. The molecule has 0 aliphatic carbocycles. The normalized spacial score (nSPS) is 10.8. The molecule has 1 aromatic carbocycles. The molecule has 2 aromatic rings. The van der Waals surface area contributed by atoms with Crippen LogP contribution in [0.5, 0.6) is 0 Å². The highest BCUT2D eigenvalue weighted by Gasteiger charge is 2.11. The number of halogens is 2. The van der Waals surface area contributed by atoms with Crippen LogP contribution in [-0.2, 0) is 6.42 Å². The summed E-state index contributed by atoms with van der Waals surface area (Å²) in [6, 6.07) is 6.11. The van der Waals surface area contributed by atoms with Gasteiger partial charge in [0.2, 0.25) is 5.28 Å². The van der Waals surface area contributed by atoms with Crippen LogP contribution >= 0.6 is 27.5 Å². The van der Waals surface area contributed by atoms with Crippen molar-refractivity contribution in [1.82, 2.24) is 14.8 Å². The lowest BCUT2D eigenvalue weighted by Crippen LogP contribution is -2.00. The molecule has 0 saturated heterocycles. The Bertz CT molecular complexity index is 502. The Kier molecular flexibility index (Phi) is 3.30. The van der Waals surface area contributed by atoms with Gasteiger partial charge in [-0.3, -0.25) is 4.57 Å². The Morgan fingerprint density at radius 2 is 2.06 bits per heavy atom. The Balaban J connectivity index is 2.61. The smallest absolute Gasteiger partial charge is 0.229 e. The van der Waals surface area contributed by atoms with E-state index in [-0.39, 0.29) is 0 Å². The largest absolute Gasteiger partial charge is 0.270 e. The van der Waals surface area contributed by atoms with Crippen LogP contribution in [0.2, 0.25) is 5.28 Å². The lowest BCUT2D eigenvalue weighted by Gasteiger charge is -2.08. The van der Waals surface area contributed by atoms with Gasteiger partial charge in [0.1, 0.15) is 5.82 Å². The average molecular weight is 301 g/mol. The number of nitrogens with zero attached hydrogens (tertiary/aromatic N) is 3. The Morgan fingerprint density at radius 1 is 1.31 bits per heavy atom. The fourth-order valence-electron chi connectivity index (χ4n) is 1.63. The first-order valence-electron chi connectivity index (χ1n) is 4.99. The number of hydrogen-bond acceptors (Lipinski definition) is 2. The van der Waals surface area contributed by atoms with Gasteiger partial charge in [-0.25, -0.2) is 0 Å². The molecule has 2 rings (SSSR count). The van der Waals surface area contributed by atoms with Crippen molar-refractivity contribution in [1.29, 1.82) is 0 Å². The Labute approximate surface area is 108 Å². The van der Waals surface area contributed by atoms with Crippen LogP contribution in [0.25, 0.3) is 5.69 Å². The van der Waals surface area contributed by atoms with Gasteiger partial charge in [0, 0.05) is 10.9 Å². The first-order valence-corrected chi connectivity index (χ1v) is 6.16. The maximum absolute atomic E-state index is 6.04. The molecule has 0 aliphatic heterocycles. The molecule has 0 bridgehead atoms. The second-order valence-electron chi connectivity index (χ2n) is 3.56. The van der Waals surface area contributed by atoms with Gasteiger partial charge in [-0.15, -0.1) is 10.2 Å². The quantitative estimate of drug-likeness (QED) is 0.849.